The molecule has 0 amide bonds. The highest BCUT2D eigenvalue weighted by Gasteiger charge is 2.08. The van der Waals surface area contributed by atoms with Gasteiger partial charge in [0, 0.05) is 36.9 Å². The molecule has 2 N–H and O–H groups in total. The maximum Gasteiger partial charge on any atom is 0.295 e. The van der Waals surface area contributed by atoms with Crippen LogP contribution in [0.3, 0.4) is 0 Å². The molecule has 20 heavy (non-hydrogen) atoms. The quantitative estimate of drug-likeness (QED) is 0.708. The Hall–Kier alpha value is -2.89. The van der Waals surface area contributed by atoms with Crippen molar-refractivity contribution in [3.8, 4) is 16.9 Å². The summed E-state index contributed by atoms with van der Waals surface area (Å²) in [5.74, 6) is 0.275. The van der Waals surface area contributed by atoms with Gasteiger partial charge in [-0.2, -0.15) is 5.10 Å². The van der Waals surface area contributed by atoms with Crippen molar-refractivity contribution in [3.05, 3.63) is 59.4 Å². The van der Waals surface area contributed by atoms with Crippen LogP contribution in [0.1, 0.15) is 0 Å². The molecule has 0 saturated carbocycles. The molecule has 6 nitrogen and oxygen atoms in total. The zero-order chi connectivity index (χ0) is 14.1. The summed E-state index contributed by atoms with van der Waals surface area (Å²) >= 11 is 0. The van der Waals surface area contributed by atoms with Crippen LogP contribution in [0.25, 0.3) is 16.9 Å². The van der Waals surface area contributed by atoms with Crippen LogP contribution in [0.5, 0.6) is 0 Å². The van der Waals surface area contributed by atoms with Crippen LogP contribution in [0, 0.1) is 0 Å². The molecular formula is C14H13N5O. The van der Waals surface area contributed by atoms with Crippen molar-refractivity contribution in [1.82, 2.24) is 19.3 Å². The Kier molecular flexibility index (Phi) is 2.83. The van der Waals surface area contributed by atoms with Gasteiger partial charge in [-0.3, -0.25) is 4.79 Å². The number of nitrogens with zero attached hydrogens (tertiary/aromatic N) is 4. The lowest BCUT2D eigenvalue weighted by atomic mass is 10.1. The zero-order valence-electron chi connectivity index (χ0n) is 10.9. The van der Waals surface area contributed by atoms with E-state index in [4.69, 9.17) is 5.73 Å². The van der Waals surface area contributed by atoms with E-state index in [-0.39, 0.29) is 11.4 Å². The molecule has 2 aromatic heterocycles. The van der Waals surface area contributed by atoms with Gasteiger partial charge in [-0.25, -0.2) is 9.67 Å². The Morgan fingerprint density at radius 2 is 1.90 bits per heavy atom. The Bertz CT molecular complexity index is 801. The topological polar surface area (TPSA) is 78.7 Å². The van der Waals surface area contributed by atoms with Gasteiger partial charge < -0.3 is 10.3 Å². The number of rotatable bonds is 2. The minimum absolute atomic E-state index is 0.195. The van der Waals surface area contributed by atoms with E-state index in [0.717, 1.165) is 11.1 Å². The average Bonchev–Trinajstić information content (AvgIpc) is 2.92. The highest BCUT2D eigenvalue weighted by Crippen LogP contribution is 2.20. The smallest absolute Gasteiger partial charge is 0.295 e. The Labute approximate surface area is 115 Å². The SMILES string of the molecule is Cn1ccnc(-n2cc(-c3ccc(N)cc3)cn2)c1=O. The minimum Gasteiger partial charge on any atom is -0.399 e. The molecule has 0 unspecified atom stereocenters. The van der Waals surface area contributed by atoms with Crippen molar-refractivity contribution in [3.63, 3.8) is 0 Å². The minimum atomic E-state index is -0.195. The number of benzene rings is 1. The van der Waals surface area contributed by atoms with Crippen LogP contribution < -0.4 is 11.3 Å². The first-order chi connectivity index (χ1) is 9.65. The predicted octanol–water partition coefficient (Wildman–Crippen LogP) is 1.22. The number of aromatic nitrogens is 4. The second-order valence-corrected chi connectivity index (χ2v) is 4.46. The van der Waals surface area contributed by atoms with Crippen LogP contribution in [0.4, 0.5) is 5.69 Å². The van der Waals surface area contributed by atoms with E-state index in [1.807, 2.05) is 24.3 Å². The van der Waals surface area contributed by atoms with Crippen LogP contribution in [-0.2, 0) is 7.05 Å². The van der Waals surface area contributed by atoms with E-state index in [9.17, 15) is 4.79 Å². The maximum atomic E-state index is 12.0. The molecule has 6 heteroatoms. The van der Waals surface area contributed by atoms with Crippen LogP contribution in [0.2, 0.25) is 0 Å². The Morgan fingerprint density at radius 3 is 2.65 bits per heavy atom. The van der Waals surface area contributed by atoms with Gasteiger partial charge in [0.05, 0.1) is 6.20 Å². The lowest BCUT2D eigenvalue weighted by Gasteiger charge is -2.01. The molecule has 0 radical (unpaired) electrons. The van der Waals surface area contributed by atoms with Gasteiger partial charge in [-0.1, -0.05) is 12.1 Å². The first-order valence-electron chi connectivity index (χ1n) is 6.08. The summed E-state index contributed by atoms with van der Waals surface area (Å²) in [5, 5.41) is 4.20. The molecular weight excluding hydrogens is 254 g/mol. The van der Waals surface area contributed by atoms with Gasteiger partial charge in [0.25, 0.3) is 5.56 Å². The molecule has 0 spiro atoms. The second kappa shape index (κ2) is 4.65. The summed E-state index contributed by atoms with van der Waals surface area (Å²) in [6.45, 7) is 0. The largest absolute Gasteiger partial charge is 0.399 e. The molecule has 3 rings (SSSR count). The summed E-state index contributed by atoms with van der Waals surface area (Å²) in [7, 11) is 1.68. The van der Waals surface area contributed by atoms with Crippen molar-refractivity contribution >= 4 is 5.69 Å². The molecule has 3 aromatic rings. The summed E-state index contributed by atoms with van der Waals surface area (Å²) in [6, 6.07) is 7.47. The number of hydrogen-bond donors (Lipinski definition) is 1. The van der Waals surface area contributed by atoms with Crippen LogP contribution >= 0.6 is 0 Å². The molecule has 1 aromatic carbocycles. The predicted molar refractivity (Wildman–Crippen MR) is 76.4 cm³/mol. The lowest BCUT2D eigenvalue weighted by Crippen LogP contribution is -2.23. The summed E-state index contributed by atoms with van der Waals surface area (Å²) in [5.41, 5.74) is 8.06. The lowest BCUT2D eigenvalue weighted by molar-refractivity contribution is 0.766. The standard InChI is InChI=1S/C14H13N5O/c1-18-7-6-16-13(14(18)20)19-9-11(8-17-19)10-2-4-12(15)5-3-10/h2-9H,15H2,1H3. The molecule has 2 heterocycles. The Morgan fingerprint density at radius 1 is 1.15 bits per heavy atom. The average molecular weight is 267 g/mol. The fourth-order valence-electron chi connectivity index (χ4n) is 1.91. The molecule has 0 saturated heterocycles. The number of anilines is 1. The molecule has 0 fully saturated rings. The number of nitrogens with two attached hydrogens (primary N) is 1. The molecule has 0 bridgehead atoms. The number of nitrogen functional groups attached to an aromatic ring is 1. The first kappa shape index (κ1) is 12.2. The van der Waals surface area contributed by atoms with Gasteiger partial charge >= 0.3 is 0 Å². The number of aryl methyl sites for hydroxylation is 1. The van der Waals surface area contributed by atoms with E-state index in [1.54, 1.807) is 31.8 Å². The first-order valence-corrected chi connectivity index (χ1v) is 6.08. The fourth-order valence-corrected chi connectivity index (χ4v) is 1.91. The van der Waals surface area contributed by atoms with E-state index in [0.29, 0.717) is 5.69 Å². The van der Waals surface area contributed by atoms with E-state index in [2.05, 4.69) is 10.1 Å². The van der Waals surface area contributed by atoms with E-state index in [1.165, 1.54) is 9.25 Å². The summed E-state index contributed by atoms with van der Waals surface area (Å²) in [4.78, 5) is 16.1. The third kappa shape index (κ3) is 2.07. The van der Waals surface area contributed by atoms with Crippen molar-refractivity contribution in [2.45, 2.75) is 0 Å². The highest BCUT2D eigenvalue weighted by molar-refractivity contribution is 5.64. The number of hydrogen-bond acceptors (Lipinski definition) is 4. The molecule has 0 aliphatic carbocycles. The summed E-state index contributed by atoms with van der Waals surface area (Å²) < 4.78 is 2.95. The zero-order valence-corrected chi connectivity index (χ0v) is 10.9. The molecule has 100 valence electrons. The molecule has 0 aliphatic rings. The van der Waals surface area contributed by atoms with Gasteiger partial charge in [0.15, 0.2) is 0 Å². The van der Waals surface area contributed by atoms with Crippen LogP contribution in [0.15, 0.2) is 53.8 Å². The van der Waals surface area contributed by atoms with E-state index >= 15 is 0 Å². The van der Waals surface area contributed by atoms with Crippen LogP contribution in [-0.4, -0.2) is 19.3 Å². The van der Waals surface area contributed by atoms with Crippen molar-refractivity contribution in [1.29, 1.82) is 0 Å². The summed E-state index contributed by atoms with van der Waals surface area (Å²) in [6.07, 6.45) is 6.65. The van der Waals surface area contributed by atoms with Crippen molar-refractivity contribution in [2.24, 2.45) is 7.05 Å². The second-order valence-electron chi connectivity index (χ2n) is 4.46. The van der Waals surface area contributed by atoms with Gasteiger partial charge in [0.1, 0.15) is 0 Å². The Balaban J connectivity index is 2.04. The van der Waals surface area contributed by atoms with Gasteiger partial charge in [0.2, 0.25) is 5.82 Å². The van der Waals surface area contributed by atoms with Crippen molar-refractivity contribution < 1.29 is 0 Å². The third-order valence-electron chi connectivity index (χ3n) is 3.04. The van der Waals surface area contributed by atoms with E-state index < -0.39 is 0 Å². The fraction of sp³-hybridized carbons (Fsp3) is 0.0714. The molecule has 0 atom stereocenters. The van der Waals surface area contributed by atoms with Gasteiger partial charge in [-0.05, 0) is 17.7 Å². The molecule has 0 aliphatic heterocycles. The maximum absolute atomic E-state index is 12.0. The van der Waals surface area contributed by atoms with Crippen molar-refractivity contribution in [2.75, 3.05) is 5.73 Å². The van der Waals surface area contributed by atoms with Gasteiger partial charge in [-0.15, -0.1) is 0 Å². The normalized spacial score (nSPS) is 10.7. The monoisotopic (exact) mass is 267 g/mol. The highest BCUT2D eigenvalue weighted by atomic mass is 16.1. The third-order valence-corrected chi connectivity index (χ3v) is 3.04.